The zero-order valence-electron chi connectivity index (χ0n) is 13.2. The van der Waals surface area contributed by atoms with Gasteiger partial charge in [0.2, 0.25) is 0 Å². The van der Waals surface area contributed by atoms with Crippen LogP contribution < -0.4 is 23.8 Å². The molecule has 0 unspecified atom stereocenters. The molecule has 0 saturated heterocycles. The second-order valence-corrected chi connectivity index (χ2v) is 4.59. The normalized spacial score (nSPS) is 9.52. The van der Waals surface area contributed by atoms with Gasteiger partial charge >= 0.3 is 23.9 Å². The molecule has 0 aromatic carbocycles. The Bertz CT molecular complexity index is 375. The summed E-state index contributed by atoms with van der Waals surface area (Å²) in [5.41, 5.74) is 6.88. The fourth-order valence-corrected chi connectivity index (χ4v) is 1.91. The van der Waals surface area contributed by atoms with Gasteiger partial charge in [0.15, 0.2) is 0 Å². The average Bonchev–Trinajstić information content (AvgIpc) is 2.10. The van der Waals surface area contributed by atoms with Crippen LogP contribution in [0.2, 0.25) is 0 Å². The maximum absolute atomic E-state index is 10.8. The molecule has 18 N–H and O–H groups in total. The number of carboxylic acid groups (broad SMARTS) is 4. The van der Waals surface area contributed by atoms with Crippen molar-refractivity contribution in [1.82, 2.24) is 12.3 Å². The van der Waals surface area contributed by atoms with Gasteiger partial charge in [-0.3, -0.25) is 19.2 Å². The number of carboxylic acids is 4. The molecule has 0 radical (unpaired) electrons. The molecule has 14 nitrogen and oxygen atoms in total. The first-order chi connectivity index (χ1) is 8.92. The van der Waals surface area contributed by atoms with Crippen LogP contribution in [-0.2, 0) is 36.2 Å². The van der Waals surface area contributed by atoms with Crippen LogP contribution in [0.1, 0.15) is 25.7 Å². The van der Waals surface area contributed by atoms with E-state index >= 15 is 0 Å². The summed E-state index contributed by atoms with van der Waals surface area (Å²) in [5.74, 6) is -6.06. The van der Waals surface area contributed by atoms with Crippen LogP contribution in [0.4, 0.5) is 0 Å². The van der Waals surface area contributed by atoms with E-state index in [1.54, 1.807) is 0 Å². The number of rotatable bonds is 9. The Morgan fingerprint density at radius 2 is 0.720 bits per heavy atom. The van der Waals surface area contributed by atoms with E-state index in [0.29, 0.717) is 0 Å². The molecule has 0 aliphatic rings. The topological polar surface area (TPSA) is 334 Å². The summed E-state index contributed by atoms with van der Waals surface area (Å²) in [4.78, 5) is 43.2. The monoisotopic (exact) mass is 418 g/mol. The van der Waals surface area contributed by atoms with Crippen LogP contribution in [0.25, 0.3) is 0 Å². The number of carbonyl (C=O) groups is 4. The Morgan fingerprint density at radius 3 is 0.800 bits per heavy atom. The molecule has 0 saturated carbocycles. The minimum absolute atomic E-state index is 0. The number of hydrogen-bond donors (Lipinski definition) is 8. The third-order valence-electron chi connectivity index (χ3n) is 2.86. The minimum Gasteiger partial charge on any atom is -0.481 e. The van der Waals surface area contributed by atoms with Crippen molar-refractivity contribution >= 4 is 23.9 Å². The quantitative estimate of drug-likeness (QED) is 0.173. The molecular weight excluding hydrogens is 392 g/mol. The molecule has 0 aromatic heterocycles. The van der Waals surface area contributed by atoms with Crippen LogP contribution in [0, 0.1) is 0 Å². The van der Waals surface area contributed by atoms with E-state index < -0.39 is 60.6 Å². The fourth-order valence-electron chi connectivity index (χ4n) is 1.91. The molecule has 0 heterocycles. The van der Waals surface area contributed by atoms with Crippen LogP contribution in [0.3, 0.4) is 0 Å². The molecule has 0 aliphatic carbocycles. The molecule has 0 aliphatic heterocycles. The van der Waals surface area contributed by atoms with Crippen molar-refractivity contribution < 1.29 is 67.6 Å². The summed E-state index contributed by atoms with van der Waals surface area (Å²) in [6, 6.07) is 0. The van der Waals surface area contributed by atoms with Crippen LogP contribution in [0.5, 0.6) is 0 Å². The van der Waals surface area contributed by atoms with Gasteiger partial charge < -0.3 is 55.1 Å². The number of aliphatic carboxylic acids is 4. The molecule has 25 heavy (non-hydrogen) atoms. The van der Waals surface area contributed by atoms with Gasteiger partial charge in [-0.1, -0.05) is 0 Å². The zero-order valence-corrected chi connectivity index (χ0v) is 14.3. The molecule has 0 fully saturated rings. The summed E-state index contributed by atoms with van der Waals surface area (Å²) in [6.45, 7) is 0. The standard InChI is InChI=1S/C10H16N2O8.Fe.2H3N.2H2O/c11-9(1-5(13)14,2-6(15)16)10(12,3-7(17)18)4-8(19)20;;;;;/h1-4,11-12H2,(H,13,14)(H,15,16)(H,17,18)(H,19,20);;2*1H3;2*1H2. The van der Waals surface area contributed by atoms with Crippen molar-refractivity contribution in [2.24, 2.45) is 11.5 Å². The van der Waals surface area contributed by atoms with Gasteiger partial charge in [0.1, 0.15) is 0 Å². The first-order valence-corrected chi connectivity index (χ1v) is 5.37. The summed E-state index contributed by atoms with van der Waals surface area (Å²) < 4.78 is 0. The largest absolute Gasteiger partial charge is 0.481 e. The maximum atomic E-state index is 10.8. The average molecular weight is 418 g/mol. The smallest absolute Gasteiger partial charge is 0.305 e. The molecule has 0 spiro atoms. The second-order valence-electron chi connectivity index (χ2n) is 4.59. The summed E-state index contributed by atoms with van der Waals surface area (Å²) in [6.07, 6.45) is -3.90. The molecule has 0 bridgehead atoms. The first kappa shape index (κ1) is 38.6. The van der Waals surface area contributed by atoms with Gasteiger partial charge in [-0.2, -0.15) is 0 Å². The Hall–Kier alpha value is -1.84. The maximum Gasteiger partial charge on any atom is 0.305 e. The predicted molar refractivity (Wildman–Crippen MR) is 80.1 cm³/mol. The van der Waals surface area contributed by atoms with Gasteiger partial charge in [-0.05, 0) is 0 Å². The van der Waals surface area contributed by atoms with E-state index in [0.717, 1.165) is 0 Å². The fraction of sp³-hybridized carbons (Fsp3) is 0.600. The van der Waals surface area contributed by atoms with E-state index in [1.807, 2.05) is 0 Å². The second kappa shape index (κ2) is 14.5. The van der Waals surface area contributed by atoms with E-state index in [9.17, 15) is 19.2 Å². The van der Waals surface area contributed by atoms with E-state index in [4.69, 9.17) is 31.9 Å². The third kappa shape index (κ3) is 12.2. The molecule has 0 rings (SSSR count). The van der Waals surface area contributed by atoms with E-state index in [1.165, 1.54) is 0 Å². The van der Waals surface area contributed by atoms with Crippen molar-refractivity contribution in [3.8, 4) is 0 Å². The zero-order chi connectivity index (χ0) is 16.1. The van der Waals surface area contributed by atoms with E-state index in [-0.39, 0.29) is 40.3 Å². The van der Waals surface area contributed by atoms with Gasteiger partial charge in [0, 0.05) is 17.1 Å². The van der Waals surface area contributed by atoms with Gasteiger partial charge in [0.25, 0.3) is 0 Å². The molecule has 0 aromatic rings. The van der Waals surface area contributed by atoms with Crippen molar-refractivity contribution in [3.63, 3.8) is 0 Å². The van der Waals surface area contributed by atoms with Crippen LogP contribution in [-0.4, -0.2) is 66.3 Å². The van der Waals surface area contributed by atoms with Crippen molar-refractivity contribution in [2.75, 3.05) is 0 Å². The van der Waals surface area contributed by atoms with Crippen molar-refractivity contribution in [3.05, 3.63) is 0 Å². The number of nitrogens with two attached hydrogens (primary N) is 2. The Morgan fingerprint density at radius 1 is 0.600 bits per heavy atom. The Labute approximate surface area is 152 Å². The van der Waals surface area contributed by atoms with E-state index in [2.05, 4.69) is 0 Å². The third-order valence-corrected chi connectivity index (χ3v) is 2.86. The van der Waals surface area contributed by atoms with Gasteiger partial charge in [-0.25, -0.2) is 0 Å². The van der Waals surface area contributed by atoms with Gasteiger partial charge in [-0.15, -0.1) is 0 Å². The molecule has 0 amide bonds. The Balaban J connectivity index is -0.000000180. The predicted octanol–water partition coefficient (Wildman–Crippen LogP) is -3.05. The minimum atomic E-state index is -2.22. The summed E-state index contributed by atoms with van der Waals surface area (Å²) >= 11 is 0. The molecule has 0 atom stereocenters. The SMILES string of the molecule is N.N.NC(CC(=O)O)(CC(=O)O)C(N)(CC(=O)O)CC(=O)O.O.O.[Fe]. The molecular formula is C10H26FeN4O10. The number of hydrogen-bond acceptors (Lipinski definition) is 8. The summed E-state index contributed by atoms with van der Waals surface area (Å²) in [7, 11) is 0. The first-order valence-electron chi connectivity index (χ1n) is 5.37. The molecule has 15 heteroatoms. The molecule has 154 valence electrons. The van der Waals surface area contributed by atoms with Crippen molar-refractivity contribution in [2.45, 2.75) is 36.8 Å². The Kier molecular flexibility index (Phi) is 22.4. The summed E-state index contributed by atoms with van der Waals surface area (Å²) in [5, 5.41) is 35.1. The van der Waals surface area contributed by atoms with Crippen LogP contribution in [0.15, 0.2) is 0 Å². The van der Waals surface area contributed by atoms with Crippen molar-refractivity contribution in [1.29, 1.82) is 0 Å². The van der Waals surface area contributed by atoms with Crippen LogP contribution >= 0.6 is 0 Å². The van der Waals surface area contributed by atoms with Gasteiger partial charge in [0.05, 0.1) is 36.8 Å².